The van der Waals surface area contributed by atoms with E-state index in [-0.39, 0.29) is 24.5 Å². The number of hydrogen-bond acceptors (Lipinski definition) is 6. The van der Waals surface area contributed by atoms with Crippen LogP contribution in [-0.4, -0.2) is 104 Å². The number of benzene rings is 4. The molecule has 6 nitrogen and oxygen atoms in total. The van der Waals surface area contributed by atoms with Crippen LogP contribution in [-0.2, 0) is 4.79 Å². The van der Waals surface area contributed by atoms with E-state index in [0.29, 0.717) is 0 Å². The quantitative estimate of drug-likeness (QED) is 0.278. The van der Waals surface area contributed by atoms with Crippen molar-refractivity contribution < 1.29 is 9.90 Å². The van der Waals surface area contributed by atoms with Crippen molar-refractivity contribution in [2.24, 2.45) is 0 Å². The van der Waals surface area contributed by atoms with E-state index in [4.69, 9.17) is 0 Å². The molecule has 0 radical (unpaired) electrons. The van der Waals surface area contributed by atoms with Crippen LogP contribution in [0.2, 0.25) is 0 Å². The SMILES string of the molecule is CC(=O)C1=Cc2ccccc2C(N2CCN(C)CC2)c2ccccc21.CN1CCN(C2c3ccccc3C=C(CO)c3ccccc32)CC1. The molecule has 2 fully saturated rings. The highest BCUT2D eigenvalue weighted by Gasteiger charge is 2.32. The number of aliphatic hydroxyl groups is 1. The van der Waals surface area contributed by atoms with Gasteiger partial charge in [0.15, 0.2) is 5.78 Å². The highest BCUT2D eigenvalue weighted by molar-refractivity contribution is 6.25. The molecular formula is C43H48N4O2. The second-order valence-electron chi connectivity index (χ2n) is 13.9. The van der Waals surface area contributed by atoms with Gasteiger partial charge in [-0.2, -0.15) is 0 Å². The third-order valence-corrected chi connectivity index (χ3v) is 10.7. The van der Waals surface area contributed by atoms with Gasteiger partial charge in [-0.1, -0.05) is 97.1 Å². The summed E-state index contributed by atoms with van der Waals surface area (Å²) in [6, 6.07) is 34.6. The van der Waals surface area contributed by atoms with Crippen molar-refractivity contribution in [3.8, 4) is 0 Å². The van der Waals surface area contributed by atoms with Crippen LogP contribution in [0.4, 0.5) is 0 Å². The Labute approximate surface area is 291 Å². The lowest BCUT2D eigenvalue weighted by molar-refractivity contribution is -0.111. The van der Waals surface area contributed by atoms with Crippen LogP contribution < -0.4 is 0 Å². The number of ketones is 1. The van der Waals surface area contributed by atoms with Crippen LogP contribution >= 0.6 is 0 Å². The van der Waals surface area contributed by atoms with Gasteiger partial charge in [0.2, 0.25) is 0 Å². The predicted molar refractivity (Wildman–Crippen MR) is 201 cm³/mol. The van der Waals surface area contributed by atoms with Crippen molar-refractivity contribution >= 4 is 29.1 Å². The molecule has 0 amide bonds. The smallest absolute Gasteiger partial charge is 0.160 e. The summed E-state index contributed by atoms with van der Waals surface area (Å²) in [4.78, 5) is 22.3. The van der Waals surface area contributed by atoms with E-state index >= 15 is 0 Å². The van der Waals surface area contributed by atoms with Crippen LogP contribution in [0.25, 0.3) is 23.3 Å². The zero-order valence-corrected chi connectivity index (χ0v) is 29.1. The largest absolute Gasteiger partial charge is 0.392 e. The lowest BCUT2D eigenvalue weighted by Gasteiger charge is -2.39. The van der Waals surface area contributed by atoms with Crippen LogP contribution in [0.15, 0.2) is 97.1 Å². The molecule has 4 aromatic carbocycles. The average Bonchev–Trinajstić information content (AvgIpc) is 3.37. The molecule has 252 valence electrons. The average molecular weight is 653 g/mol. The van der Waals surface area contributed by atoms with Crippen LogP contribution in [0, 0.1) is 0 Å². The van der Waals surface area contributed by atoms with Crippen molar-refractivity contribution in [3.63, 3.8) is 0 Å². The minimum absolute atomic E-state index is 0.0702. The van der Waals surface area contributed by atoms with Gasteiger partial charge in [-0.3, -0.25) is 14.6 Å². The van der Waals surface area contributed by atoms with E-state index in [1.807, 2.05) is 6.07 Å². The number of piperazine rings is 2. The molecule has 2 heterocycles. The lowest BCUT2D eigenvalue weighted by Crippen LogP contribution is -2.46. The fourth-order valence-corrected chi connectivity index (χ4v) is 7.99. The van der Waals surface area contributed by atoms with Gasteiger partial charge in [-0.05, 0) is 83.3 Å². The van der Waals surface area contributed by atoms with E-state index < -0.39 is 0 Å². The van der Waals surface area contributed by atoms with Gasteiger partial charge in [0.25, 0.3) is 0 Å². The Morgan fingerprint density at radius 3 is 1.47 bits per heavy atom. The first-order valence-corrected chi connectivity index (χ1v) is 17.7. The predicted octanol–water partition coefficient (Wildman–Crippen LogP) is 6.34. The minimum atomic E-state index is 0.0702. The van der Waals surface area contributed by atoms with Crippen molar-refractivity contribution in [1.82, 2.24) is 19.6 Å². The number of nitrogens with zero attached hydrogens (tertiary/aromatic N) is 4. The Morgan fingerprint density at radius 1 is 0.571 bits per heavy atom. The number of hydrogen-bond donors (Lipinski definition) is 1. The topological polar surface area (TPSA) is 50.3 Å². The monoisotopic (exact) mass is 652 g/mol. The zero-order valence-electron chi connectivity index (χ0n) is 29.1. The molecule has 2 unspecified atom stereocenters. The van der Waals surface area contributed by atoms with E-state index in [0.717, 1.165) is 74.6 Å². The summed E-state index contributed by atoms with van der Waals surface area (Å²) in [6.45, 7) is 10.3. The van der Waals surface area contributed by atoms with Crippen molar-refractivity contribution in [2.45, 2.75) is 19.0 Å². The Bertz CT molecular complexity index is 1860. The molecule has 0 spiro atoms. The Kier molecular flexibility index (Phi) is 10.0. The molecule has 0 aromatic heterocycles. The number of rotatable bonds is 4. The number of likely N-dealkylation sites (N-methyl/N-ethyl adjacent to an activating group) is 2. The Morgan fingerprint density at radius 2 is 0.980 bits per heavy atom. The van der Waals surface area contributed by atoms with Gasteiger partial charge >= 0.3 is 0 Å². The maximum absolute atomic E-state index is 12.4. The second kappa shape index (κ2) is 14.8. The van der Waals surface area contributed by atoms with Gasteiger partial charge in [0.1, 0.15) is 0 Å². The summed E-state index contributed by atoms with van der Waals surface area (Å²) < 4.78 is 0. The normalized spacial score (nSPS) is 21.3. The van der Waals surface area contributed by atoms with Gasteiger partial charge in [-0.25, -0.2) is 0 Å². The summed E-state index contributed by atoms with van der Waals surface area (Å²) in [6.07, 6.45) is 4.23. The molecule has 8 rings (SSSR count). The fourth-order valence-electron chi connectivity index (χ4n) is 7.99. The third-order valence-electron chi connectivity index (χ3n) is 10.7. The summed E-state index contributed by atoms with van der Waals surface area (Å²) in [5.74, 6) is 0.126. The highest BCUT2D eigenvalue weighted by Crippen LogP contribution is 2.41. The highest BCUT2D eigenvalue weighted by atomic mass is 16.3. The maximum atomic E-state index is 12.4. The zero-order chi connectivity index (χ0) is 33.9. The molecule has 6 heteroatoms. The van der Waals surface area contributed by atoms with Gasteiger partial charge in [0.05, 0.1) is 18.7 Å². The number of allylic oxidation sites excluding steroid dienone is 1. The van der Waals surface area contributed by atoms with Gasteiger partial charge in [-0.15, -0.1) is 0 Å². The molecule has 1 N–H and O–H groups in total. The maximum Gasteiger partial charge on any atom is 0.160 e. The van der Waals surface area contributed by atoms with E-state index in [9.17, 15) is 9.90 Å². The van der Waals surface area contributed by atoms with E-state index in [2.05, 4.69) is 137 Å². The van der Waals surface area contributed by atoms with Crippen molar-refractivity contribution in [3.05, 3.63) is 142 Å². The van der Waals surface area contributed by atoms with Crippen molar-refractivity contribution in [1.29, 1.82) is 0 Å². The minimum Gasteiger partial charge on any atom is -0.392 e. The van der Waals surface area contributed by atoms with Crippen LogP contribution in [0.5, 0.6) is 0 Å². The molecule has 4 aliphatic rings. The number of fused-ring (bicyclic) bond motifs is 4. The molecule has 49 heavy (non-hydrogen) atoms. The molecule has 4 aromatic rings. The number of carbonyl (C=O) groups excluding carboxylic acids is 1. The van der Waals surface area contributed by atoms with Crippen molar-refractivity contribution in [2.75, 3.05) is 73.1 Å². The first-order valence-electron chi connectivity index (χ1n) is 17.7. The fraction of sp³-hybridized carbons (Fsp3) is 0.326. The summed E-state index contributed by atoms with van der Waals surface area (Å²) >= 11 is 0. The van der Waals surface area contributed by atoms with E-state index in [1.165, 1.54) is 33.4 Å². The molecule has 2 aliphatic heterocycles. The molecule has 2 saturated heterocycles. The molecule has 0 bridgehead atoms. The first-order chi connectivity index (χ1) is 23.9. The lowest BCUT2D eigenvalue weighted by atomic mass is 9.90. The number of Topliss-reactive ketones (excluding diaryl/α,β-unsaturated/α-hetero) is 1. The van der Waals surface area contributed by atoms with Gasteiger partial charge in [0, 0.05) is 57.9 Å². The number of carbonyl (C=O) groups is 1. The van der Waals surface area contributed by atoms with Gasteiger partial charge < -0.3 is 14.9 Å². The Hall–Kier alpha value is -4.17. The van der Waals surface area contributed by atoms with Crippen LogP contribution in [0.1, 0.15) is 63.5 Å². The second-order valence-corrected chi connectivity index (χ2v) is 13.9. The molecule has 2 aliphatic carbocycles. The van der Waals surface area contributed by atoms with E-state index in [1.54, 1.807) is 6.92 Å². The molecule has 0 saturated carbocycles. The standard InChI is InChI=1S/C22H24N2O.C21H24N2O/c1-16(25)21-15-17-7-3-4-8-18(17)22(20-10-6-5-9-19(20)21)24-13-11-23(2)12-14-24;1-22-10-12-23(13-11-22)21-19-8-3-2-6-16(19)14-17(15-24)18-7-4-5-9-20(18)21/h3-10,15,22H,11-14H2,1-2H3;2-9,14,21,24H,10-13,15H2,1H3. The summed E-state index contributed by atoms with van der Waals surface area (Å²) in [5, 5.41) is 9.93. The van der Waals surface area contributed by atoms with Crippen LogP contribution in [0.3, 0.4) is 0 Å². The third kappa shape index (κ3) is 6.85. The molecular weight excluding hydrogens is 604 g/mol. The first kappa shape index (κ1) is 33.3. The molecule has 2 atom stereocenters. The Balaban J connectivity index is 0.000000154. The number of aliphatic hydroxyl groups excluding tert-OH is 1. The summed E-state index contributed by atoms with van der Waals surface area (Å²) in [7, 11) is 4.37. The summed E-state index contributed by atoms with van der Waals surface area (Å²) in [5.41, 5.74) is 11.7.